The van der Waals surface area contributed by atoms with E-state index in [1.54, 1.807) is 12.7 Å². The van der Waals surface area contributed by atoms with Crippen molar-refractivity contribution in [1.82, 2.24) is 5.32 Å². The second kappa shape index (κ2) is 6.38. The van der Waals surface area contributed by atoms with E-state index in [1.165, 1.54) is 19.3 Å². The molecule has 0 spiro atoms. The third-order valence-electron chi connectivity index (χ3n) is 3.78. The van der Waals surface area contributed by atoms with E-state index in [4.69, 9.17) is 10.5 Å². The lowest BCUT2D eigenvalue weighted by molar-refractivity contribution is 0.0423. The van der Waals surface area contributed by atoms with Gasteiger partial charge in [0.25, 0.3) is 0 Å². The Bertz CT molecular complexity index is 240. The van der Waals surface area contributed by atoms with Crippen molar-refractivity contribution < 1.29 is 4.74 Å². The second-order valence-corrected chi connectivity index (χ2v) is 4.93. The average molecular weight is 226 g/mol. The van der Waals surface area contributed by atoms with Crippen LogP contribution in [0, 0.1) is 0 Å². The predicted molar refractivity (Wildman–Crippen MR) is 68.5 cm³/mol. The van der Waals surface area contributed by atoms with E-state index >= 15 is 0 Å². The summed E-state index contributed by atoms with van der Waals surface area (Å²) in [7, 11) is 1.74. The van der Waals surface area contributed by atoms with E-state index in [1.807, 2.05) is 0 Å². The lowest BCUT2D eigenvalue weighted by Crippen LogP contribution is -2.57. The molecule has 0 bridgehead atoms. The van der Waals surface area contributed by atoms with Crippen LogP contribution in [0.15, 0.2) is 11.6 Å². The van der Waals surface area contributed by atoms with Gasteiger partial charge in [-0.05, 0) is 46.1 Å². The Morgan fingerprint density at radius 3 is 2.88 bits per heavy atom. The van der Waals surface area contributed by atoms with Gasteiger partial charge in [-0.25, -0.2) is 0 Å². The maximum absolute atomic E-state index is 5.82. The number of hydrogen-bond acceptors (Lipinski definition) is 3. The van der Waals surface area contributed by atoms with Crippen LogP contribution in [0.1, 0.15) is 39.5 Å². The molecule has 1 aliphatic rings. The van der Waals surface area contributed by atoms with Crippen molar-refractivity contribution in [3.63, 3.8) is 0 Å². The van der Waals surface area contributed by atoms with Crippen LogP contribution in [0.5, 0.6) is 0 Å². The third-order valence-corrected chi connectivity index (χ3v) is 3.78. The van der Waals surface area contributed by atoms with Crippen molar-refractivity contribution >= 4 is 0 Å². The quantitative estimate of drug-likeness (QED) is 0.651. The Morgan fingerprint density at radius 1 is 1.62 bits per heavy atom. The first kappa shape index (κ1) is 13.7. The van der Waals surface area contributed by atoms with Crippen molar-refractivity contribution in [2.45, 2.75) is 51.2 Å². The van der Waals surface area contributed by atoms with Crippen molar-refractivity contribution in [2.75, 3.05) is 20.2 Å². The predicted octanol–water partition coefficient (Wildman–Crippen LogP) is 1.83. The number of hydrogen-bond donors (Lipinski definition) is 2. The van der Waals surface area contributed by atoms with Gasteiger partial charge in [0.05, 0.1) is 11.6 Å². The highest BCUT2D eigenvalue weighted by Crippen LogP contribution is 2.20. The van der Waals surface area contributed by atoms with Gasteiger partial charge in [-0.3, -0.25) is 0 Å². The number of ether oxygens (including phenoxy) is 1. The van der Waals surface area contributed by atoms with Gasteiger partial charge < -0.3 is 15.8 Å². The Morgan fingerprint density at radius 2 is 2.38 bits per heavy atom. The number of allylic oxidation sites excluding steroid dienone is 1. The average Bonchev–Trinajstić information content (AvgIpc) is 2.80. The smallest absolute Gasteiger partial charge is 0.0734 e. The zero-order chi connectivity index (χ0) is 12.0. The second-order valence-electron chi connectivity index (χ2n) is 4.93. The Balaban J connectivity index is 2.32. The molecule has 0 heterocycles. The van der Waals surface area contributed by atoms with Crippen LogP contribution in [-0.4, -0.2) is 31.8 Å². The molecule has 0 saturated carbocycles. The monoisotopic (exact) mass is 226 g/mol. The van der Waals surface area contributed by atoms with Crippen LogP contribution in [-0.2, 0) is 4.74 Å². The van der Waals surface area contributed by atoms with Crippen LogP contribution in [0.3, 0.4) is 0 Å². The molecule has 2 atom stereocenters. The molecule has 3 N–H and O–H groups in total. The van der Waals surface area contributed by atoms with E-state index in [9.17, 15) is 0 Å². The summed E-state index contributed by atoms with van der Waals surface area (Å²) < 4.78 is 5.37. The minimum absolute atomic E-state index is 0.117. The van der Waals surface area contributed by atoms with Crippen LogP contribution < -0.4 is 11.1 Å². The molecule has 2 unspecified atom stereocenters. The minimum Gasteiger partial charge on any atom is -0.380 e. The number of nitrogens with one attached hydrogen (secondary N) is 1. The maximum Gasteiger partial charge on any atom is 0.0734 e. The van der Waals surface area contributed by atoms with E-state index < -0.39 is 0 Å². The SMILES string of the molecule is COC(C)C(C)(CN)NCCC1=CCCC1. The van der Waals surface area contributed by atoms with Crippen molar-refractivity contribution in [3.05, 3.63) is 11.6 Å². The van der Waals surface area contributed by atoms with Crippen LogP contribution in [0.25, 0.3) is 0 Å². The molecule has 1 aliphatic carbocycles. The molecule has 0 aromatic rings. The van der Waals surface area contributed by atoms with Crippen molar-refractivity contribution in [2.24, 2.45) is 5.73 Å². The summed E-state index contributed by atoms with van der Waals surface area (Å²) in [6, 6.07) is 0. The van der Waals surface area contributed by atoms with Crippen LogP contribution in [0.2, 0.25) is 0 Å². The van der Waals surface area contributed by atoms with Gasteiger partial charge in [0.15, 0.2) is 0 Å². The van der Waals surface area contributed by atoms with Crippen LogP contribution >= 0.6 is 0 Å². The topological polar surface area (TPSA) is 47.3 Å². The molecule has 3 nitrogen and oxygen atoms in total. The first-order chi connectivity index (χ1) is 7.62. The van der Waals surface area contributed by atoms with E-state index in [0.717, 1.165) is 13.0 Å². The highest BCUT2D eigenvalue weighted by Gasteiger charge is 2.28. The third kappa shape index (κ3) is 3.58. The fourth-order valence-electron chi connectivity index (χ4n) is 2.12. The van der Waals surface area contributed by atoms with Crippen LogP contribution in [0.4, 0.5) is 0 Å². The molecule has 0 amide bonds. The molecule has 3 heteroatoms. The Hall–Kier alpha value is -0.380. The van der Waals surface area contributed by atoms with Gasteiger partial charge in [0.2, 0.25) is 0 Å². The fourth-order valence-corrected chi connectivity index (χ4v) is 2.12. The number of nitrogens with two attached hydrogens (primary N) is 1. The van der Waals surface area contributed by atoms with Gasteiger partial charge in [-0.15, -0.1) is 0 Å². The summed E-state index contributed by atoms with van der Waals surface area (Å²) in [5, 5.41) is 3.53. The molecule has 16 heavy (non-hydrogen) atoms. The van der Waals surface area contributed by atoms with Gasteiger partial charge in [-0.1, -0.05) is 11.6 Å². The van der Waals surface area contributed by atoms with Crippen molar-refractivity contribution in [1.29, 1.82) is 0 Å². The van der Waals surface area contributed by atoms with E-state index in [-0.39, 0.29) is 11.6 Å². The molecule has 0 saturated heterocycles. The van der Waals surface area contributed by atoms with Gasteiger partial charge in [0, 0.05) is 13.7 Å². The fraction of sp³-hybridized carbons (Fsp3) is 0.846. The maximum atomic E-state index is 5.82. The molecule has 0 aliphatic heterocycles. The molecular weight excluding hydrogens is 200 g/mol. The molecule has 94 valence electrons. The number of methoxy groups -OCH3 is 1. The summed E-state index contributed by atoms with van der Waals surface area (Å²) in [6.45, 7) is 5.78. The van der Waals surface area contributed by atoms with Gasteiger partial charge in [-0.2, -0.15) is 0 Å². The Labute approximate surface area is 99.4 Å². The Kier molecular flexibility index (Phi) is 5.46. The molecule has 1 rings (SSSR count). The summed E-state index contributed by atoms with van der Waals surface area (Å²) in [4.78, 5) is 0. The summed E-state index contributed by atoms with van der Waals surface area (Å²) in [6.07, 6.45) is 7.53. The zero-order valence-corrected chi connectivity index (χ0v) is 10.9. The molecule has 0 fully saturated rings. The molecule has 0 aromatic carbocycles. The largest absolute Gasteiger partial charge is 0.380 e. The minimum atomic E-state index is -0.117. The van der Waals surface area contributed by atoms with E-state index in [2.05, 4.69) is 25.2 Å². The summed E-state index contributed by atoms with van der Waals surface area (Å²) in [5.41, 5.74) is 7.30. The molecule has 0 radical (unpaired) electrons. The standard InChI is InChI=1S/C13H26N2O/c1-11(16-3)13(2,10-14)15-9-8-12-6-4-5-7-12/h6,11,15H,4-5,7-10,14H2,1-3H3. The zero-order valence-electron chi connectivity index (χ0n) is 10.9. The summed E-state index contributed by atoms with van der Waals surface area (Å²) >= 11 is 0. The lowest BCUT2D eigenvalue weighted by atomic mass is 9.95. The van der Waals surface area contributed by atoms with Gasteiger partial charge in [0.1, 0.15) is 0 Å². The highest BCUT2D eigenvalue weighted by atomic mass is 16.5. The lowest BCUT2D eigenvalue weighted by Gasteiger charge is -2.34. The first-order valence-electron chi connectivity index (χ1n) is 6.28. The van der Waals surface area contributed by atoms with Crippen molar-refractivity contribution in [3.8, 4) is 0 Å². The normalized spacial score (nSPS) is 21.6. The highest BCUT2D eigenvalue weighted by molar-refractivity contribution is 5.08. The molecular formula is C13H26N2O. The summed E-state index contributed by atoms with van der Waals surface area (Å²) in [5.74, 6) is 0. The van der Waals surface area contributed by atoms with Gasteiger partial charge >= 0.3 is 0 Å². The molecule has 0 aromatic heterocycles. The van der Waals surface area contributed by atoms with E-state index in [0.29, 0.717) is 6.54 Å². The number of rotatable bonds is 7. The first-order valence-corrected chi connectivity index (χ1v) is 6.28.